The molecule has 6 nitrogen and oxygen atoms in total. The van der Waals surface area contributed by atoms with E-state index >= 15 is 0 Å². The fourth-order valence-corrected chi connectivity index (χ4v) is 4.01. The second kappa shape index (κ2) is 10.8. The quantitative estimate of drug-likeness (QED) is 0.206. The Balaban J connectivity index is 1.78. The molecule has 1 aromatic heterocycles. The molecule has 3 N–H and O–H groups in total. The van der Waals surface area contributed by atoms with Gasteiger partial charge < -0.3 is 19.9 Å². The Morgan fingerprint density at radius 3 is 2.73 bits per heavy atom. The minimum Gasteiger partial charge on any atom is -0.504 e. The molecule has 33 heavy (non-hydrogen) atoms. The maximum Gasteiger partial charge on any atom is 0.340 e. The van der Waals surface area contributed by atoms with Gasteiger partial charge in [0.15, 0.2) is 11.3 Å². The average Bonchev–Trinajstić information content (AvgIpc) is 2.79. The molecule has 0 saturated carbocycles. The molecule has 6 heteroatoms. The number of carbonyl (C=O) groups is 1. The number of rotatable bonds is 8. The first kappa shape index (κ1) is 24.1. The lowest BCUT2D eigenvalue weighted by atomic mass is 9.90. The third-order valence-corrected chi connectivity index (χ3v) is 5.76. The van der Waals surface area contributed by atoms with E-state index in [-0.39, 0.29) is 35.0 Å². The first-order chi connectivity index (χ1) is 15.8. The van der Waals surface area contributed by atoms with E-state index in [0.717, 1.165) is 19.4 Å². The zero-order valence-electron chi connectivity index (χ0n) is 19.2. The molecule has 0 bridgehead atoms. The van der Waals surface area contributed by atoms with Crippen molar-refractivity contribution in [3.63, 3.8) is 0 Å². The van der Waals surface area contributed by atoms with Crippen LogP contribution in [0, 0.1) is 18.8 Å². The minimum absolute atomic E-state index is 0.0947. The normalized spacial score (nSPS) is 11.7. The van der Waals surface area contributed by atoms with Crippen molar-refractivity contribution in [3.05, 3.63) is 69.1 Å². The summed E-state index contributed by atoms with van der Waals surface area (Å²) in [6.45, 7) is 4.60. The SMILES string of the molecule is CCCC(CC#CC(=O)Cc1c(C)c2ccc(O)c(O)c2oc1=O)c1cccc(CNC)c1. The monoisotopic (exact) mass is 447 g/mol. The number of hydrogen-bond donors (Lipinski definition) is 3. The molecule has 0 saturated heterocycles. The summed E-state index contributed by atoms with van der Waals surface area (Å²) in [6.07, 6.45) is 2.36. The van der Waals surface area contributed by atoms with Crippen molar-refractivity contribution in [3.8, 4) is 23.3 Å². The standard InChI is InChI=1S/C27H29NO5/c1-4-7-19(20-10-5-8-18(14-20)16-28-3)9-6-11-21(29)15-23-17(2)22-12-13-24(30)25(31)26(22)33-27(23)32/h5,8,10,12-14,19,28,30-31H,4,7,9,15-16H2,1-3H3. The number of nitrogens with one attached hydrogen (secondary N) is 1. The molecule has 3 rings (SSSR count). The highest BCUT2D eigenvalue weighted by atomic mass is 16.4. The molecule has 0 fully saturated rings. The molecular formula is C27H29NO5. The molecule has 0 aliphatic heterocycles. The van der Waals surface area contributed by atoms with Gasteiger partial charge in [0, 0.05) is 23.9 Å². The minimum atomic E-state index is -0.721. The number of aryl methyl sites for hydroxylation is 1. The maximum absolute atomic E-state index is 12.5. The van der Waals surface area contributed by atoms with Gasteiger partial charge >= 0.3 is 5.63 Å². The molecule has 0 spiro atoms. The lowest BCUT2D eigenvalue weighted by molar-refractivity contribution is -0.113. The number of phenolic OH excluding ortho intramolecular Hbond substituents is 2. The number of aromatic hydroxyl groups is 2. The van der Waals surface area contributed by atoms with Gasteiger partial charge in [-0.3, -0.25) is 4.79 Å². The first-order valence-electron chi connectivity index (χ1n) is 11.1. The van der Waals surface area contributed by atoms with Crippen molar-refractivity contribution in [2.75, 3.05) is 7.05 Å². The Hall–Kier alpha value is -3.56. The summed E-state index contributed by atoms with van der Waals surface area (Å²) in [5.74, 6) is 4.69. The highest BCUT2D eigenvalue weighted by Gasteiger charge is 2.17. The average molecular weight is 448 g/mol. The summed E-state index contributed by atoms with van der Waals surface area (Å²) < 4.78 is 5.18. The molecule has 0 amide bonds. The summed E-state index contributed by atoms with van der Waals surface area (Å²) in [5.41, 5.74) is 2.33. The van der Waals surface area contributed by atoms with Crippen LogP contribution >= 0.6 is 0 Å². The number of benzene rings is 2. The number of ketones is 1. The molecule has 1 heterocycles. The lowest BCUT2D eigenvalue weighted by Gasteiger charge is -2.15. The molecule has 0 aliphatic carbocycles. The first-order valence-corrected chi connectivity index (χ1v) is 11.1. The van der Waals surface area contributed by atoms with E-state index < -0.39 is 11.4 Å². The van der Waals surface area contributed by atoms with E-state index in [0.29, 0.717) is 17.4 Å². The Morgan fingerprint density at radius 1 is 1.21 bits per heavy atom. The van der Waals surface area contributed by atoms with Gasteiger partial charge in [-0.2, -0.15) is 0 Å². The van der Waals surface area contributed by atoms with Crippen LogP contribution in [0.25, 0.3) is 11.0 Å². The topological polar surface area (TPSA) is 99.8 Å². The van der Waals surface area contributed by atoms with Crippen LogP contribution in [0.4, 0.5) is 0 Å². The Kier molecular flexibility index (Phi) is 7.92. The molecule has 3 aromatic rings. The van der Waals surface area contributed by atoms with Crippen LogP contribution in [0.2, 0.25) is 0 Å². The van der Waals surface area contributed by atoms with Crippen LogP contribution in [0.5, 0.6) is 11.5 Å². The van der Waals surface area contributed by atoms with Gasteiger partial charge in [-0.25, -0.2) is 4.79 Å². The molecule has 1 unspecified atom stereocenters. The summed E-state index contributed by atoms with van der Waals surface area (Å²) >= 11 is 0. The molecule has 2 aromatic carbocycles. The van der Waals surface area contributed by atoms with Crippen molar-refractivity contribution >= 4 is 16.8 Å². The number of phenols is 2. The Morgan fingerprint density at radius 2 is 2.00 bits per heavy atom. The highest BCUT2D eigenvalue weighted by molar-refractivity contribution is 5.98. The smallest absolute Gasteiger partial charge is 0.340 e. The van der Waals surface area contributed by atoms with E-state index in [1.54, 1.807) is 13.0 Å². The van der Waals surface area contributed by atoms with E-state index in [9.17, 15) is 19.8 Å². The summed E-state index contributed by atoms with van der Waals surface area (Å²) in [4.78, 5) is 25.0. The van der Waals surface area contributed by atoms with Crippen LogP contribution in [0.3, 0.4) is 0 Å². The Labute approximate surface area is 193 Å². The zero-order valence-corrected chi connectivity index (χ0v) is 19.2. The Bertz CT molecular complexity index is 1280. The van der Waals surface area contributed by atoms with Crippen molar-refractivity contribution in [2.45, 2.75) is 52.0 Å². The maximum atomic E-state index is 12.5. The molecule has 0 aliphatic rings. The number of fused-ring (bicyclic) bond motifs is 1. The van der Waals surface area contributed by atoms with Crippen molar-refractivity contribution in [1.82, 2.24) is 5.32 Å². The van der Waals surface area contributed by atoms with E-state index in [4.69, 9.17) is 4.42 Å². The number of Topliss-reactive ketones (excluding diaryl/α,β-unsaturated/α-hetero) is 1. The van der Waals surface area contributed by atoms with Crippen LogP contribution in [-0.4, -0.2) is 23.0 Å². The van der Waals surface area contributed by atoms with Gasteiger partial charge in [-0.15, -0.1) is 0 Å². The van der Waals surface area contributed by atoms with Crippen LogP contribution in [0.1, 0.15) is 54.4 Å². The van der Waals surface area contributed by atoms with Gasteiger partial charge in [0.25, 0.3) is 0 Å². The zero-order chi connectivity index (χ0) is 24.0. The molecular weight excluding hydrogens is 418 g/mol. The van der Waals surface area contributed by atoms with E-state index in [1.165, 1.54) is 17.2 Å². The van der Waals surface area contributed by atoms with E-state index in [2.05, 4.69) is 42.3 Å². The fraction of sp³-hybridized carbons (Fsp3) is 0.333. The third-order valence-electron chi connectivity index (χ3n) is 5.76. The molecule has 1 atom stereocenters. The molecule has 0 radical (unpaired) electrons. The van der Waals surface area contributed by atoms with Gasteiger partial charge in [-0.1, -0.05) is 43.5 Å². The predicted molar refractivity (Wildman–Crippen MR) is 129 cm³/mol. The van der Waals surface area contributed by atoms with Gasteiger partial charge in [0.1, 0.15) is 0 Å². The van der Waals surface area contributed by atoms with Crippen LogP contribution in [-0.2, 0) is 17.8 Å². The predicted octanol–water partition coefficient (Wildman–Crippen LogP) is 4.32. The summed E-state index contributed by atoms with van der Waals surface area (Å²) in [5, 5.41) is 23.2. The van der Waals surface area contributed by atoms with Gasteiger partial charge in [0.2, 0.25) is 11.5 Å². The summed E-state index contributed by atoms with van der Waals surface area (Å²) in [7, 11) is 1.91. The largest absolute Gasteiger partial charge is 0.504 e. The van der Waals surface area contributed by atoms with Gasteiger partial charge in [-0.05, 0) is 61.1 Å². The number of hydrogen-bond acceptors (Lipinski definition) is 6. The van der Waals surface area contributed by atoms with Crippen molar-refractivity contribution in [2.24, 2.45) is 0 Å². The van der Waals surface area contributed by atoms with Crippen LogP contribution < -0.4 is 10.9 Å². The fourth-order valence-electron chi connectivity index (χ4n) is 4.01. The van der Waals surface area contributed by atoms with Crippen LogP contribution in [0.15, 0.2) is 45.6 Å². The van der Waals surface area contributed by atoms with Crippen molar-refractivity contribution < 1.29 is 19.4 Å². The van der Waals surface area contributed by atoms with Gasteiger partial charge in [0.05, 0.1) is 6.42 Å². The highest BCUT2D eigenvalue weighted by Crippen LogP contribution is 2.34. The van der Waals surface area contributed by atoms with Crippen molar-refractivity contribution in [1.29, 1.82) is 0 Å². The lowest BCUT2D eigenvalue weighted by Crippen LogP contribution is -2.14. The second-order valence-electron chi connectivity index (χ2n) is 8.17. The third kappa shape index (κ3) is 5.63. The summed E-state index contributed by atoms with van der Waals surface area (Å²) in [6, 6.07) is 11.3. The second-order valence-corrected chi connectivity index (χ2v) is 8.17. The number of carbonyl (C=O) groups excluding carboxylic acids is 1. The molecule has 172 valence electrons. The van der Waals surface area contributed by atoms with E-state index in [1.807, 2.05) is 13.1 Å².